The molecule has 0 saturated carbocycles. The molecule has 4 nitrogen and oxygen atoms in total. The zero-order valence-electron chi connectivity index (χ0n) is 11.2. The maximum atomic E-state index is 12.3. The van der Waals surface area contributed by atoms with Gasteiger partial charge >= 0.3 is 5.97 Å². The van der Waals surface area contributed by atoms with Crippen molar-refractivity contribution in [2.75, 3.05) is 13.7 Å². The van der Waals surface area contributed by atoms with E-state index in [1.165, 1.54) is 23.8 Å². The predicted octanol–water partition coefficient (Wildman–Crippen LogP) is 3.21. The van der Waals surface area contributed by atoms with Crippen LogP contribution < -0.4 is 0 Å². The van der Waals surface area contributed by atoms with Gasteiger partial charge in [-0.05, 0) is 23.8 Å². The first-order chi connectivity index (χ1) is 10.0. The molecular formula is C14H12BrNO3S2. The second-order valence-corrected chi connectivity index (χ2v) is 6.80. The molecule has 1 fully saturated rings. The fourth-order valence-electron chi connectivity index (χ4n) is 1.71. The fraction of sp³-hybridized carbons (Fsp3) is 0.214. The Labute approximate surface area is 140 Å². The standard InChI is InChI=1S/C14H12BrNO3S2/c1-19-12(17)6-7-16-13(18)11(21-14(16)20)8-9-2-4-10(15)5-3-9/h2-5,8H,6-7H2,1H3/b11-8+. The average molecular weight is 386 g/mol. The molecule has 0 N–H and O–H groups in total. The summed E-state index contributed by atoms with van der Waals surface area (Å²) in [7, 11) is 1.32. The smallest absolute Gasteiger partial charge is 0.307 e. The van der Waals surface area contributed by atoms with Crippen LogP contribution in [0.15, 0.2) is 33.6 Å². The summed E-state index contributed by atoms with van der Waals surface area (Å²) in [6.45, 7) is 0.245. The van der Waals surface area contributed by atoms with Crippen LogP contribution in [0, 0.1) is 0 Å². The van der Waals surface area contributed by atoms with Gasteiger partial charge in [-0.3, -0.25) is 14.5 Å². The number of methoxy groups -OCH3 is 1. The Morgan fingerprint density at radius 1 is 1.43 bits per heavy atom. The van der Waals surface area contributed by atoms with Crippen LogP contribution in [0.25, 0.3) is 6.08 Å². The van der Waals surface area contributed by atoms with Crippen LogP contribution >= 0.6 is 39.9 Å². The largest absolute Gasteiger partial charge is 0.469 e. The summed E-state index contributed by atoms with van der Waals surface area (Å²) < 4.78 is 6.01. The molecule has 0 aromatic heterocycles. The highest BCUT2D eigenvalue weighted by Gasteiger charge is 2.32. The number of hydrogen-bond donors (Lipinski definition) is 0. The first-order valence-corrected chi connectivity index (χ1v) is 8.11. The summed E-state index contributed by atoms with van der Waals surface area (Å²) in [4.78, 5) is 25.4. The Hall–Kier alpha value is -1.18. The normalized spacial score (nSPS) is 16.7. The molecule has 110 valence electrons. The summed E-state index contributed by atoms with van der Waals surface area (Å²) in [5, 5.41) is 0. The Bertz CT molecular complexity index is 613. The molecule has 0 aliphatic carbocycles. The predicted molar refractivity (Wildman–Crippen MR) is 90.7 cm³/mol. The van der Waals surface area contributed by atoms with Crippen molar-refractivity contribution in [1.82, 2.24) is 4.90 Å². The Morgan fingerprint density at radius 2 is 2.10 bits per heavy atom. The molecule has 0 bridgehead atoms. The third kappa shape index (κ3) is 4.15. The zero-order valence-corrected chi connectivity index (χ0v) is 14.4. The minimum atomic E-state index is -0.360. The van der Waals surface area contributed by atoms with Gasteiger partial charge in [-0.1, -0.05) is 52.0 Å². The van der Waals surface area contributed by atoms with E-state index < -0.39 is 0 Å². The highest BCUT2D eigenvalue weighted by Crippen LogP contribution is 2.32. The lowest BCUT2D eigenvalue weighted by atomic mass is 10.2. The zero-order chi connectivity index (χ0) is 15.4. The Balaban J connectivity index is 2.10. The molecule has 1 saturated heterocycles. The van der Waals surface area contributed by atoms with Crippen LogP contribution in [0.4, 0.5) is 0 Å². The lowest BCUT2D eigenvalue weighted by Gasteiger charge is -2.12. The van der Waals surface area contributed by atoms with E-state index in [0.717, 1.165) is 10.0 Å². The number of ether oxygens (including phenoxy) is 1. The summed E-state index contributed by atoms with van der Waals surface area (Å²) >= 11 is 9.80. The summed E-state index contributed by atoms with van der Waals surface area (Å²) in [6.07, 6.45) is 1.93. The number of carbonyl (C=O) groups excluding carboxylic acids is 2. The lowest BCUT2D eigenvalue weighted by molar-refractivity contribution is -0.140. The minimum absolute atomic E-state index is 0.133. The fourth-order valence-corrected chi connectivity index (χ4v) is 3.28. The highest BCUT2D eigenvalue weighted by molar-refractivity contribution is 9.10. The molecule has 1 amide bonds. The van der Waals surface area contributed by atoms with E-state index in [1.54, 1.807) is 6.08 Å². The number of esters is 1. The molecule has 1 heterocycles. The maximum absolute atomic E-state index is 12.3. The monoisotopic (exact) mass is 385 g/mol. The van der Waals surface area contributed by atoms with Crippen LogP contribution in [0.1, 0.15) is 12.0 Å². The van der Waals surface area contributed by atoms with Crippen LogP contribution in [0.3, 0.4) is 0 Å². The van der Waals surface area contributed by atoms with Crippen LogP contribution in [0.5, 0.6) is 0 Å². The number of rotatable bonds is 4. The number of carbonyl (C=O) groups is 2. The van der Waals surface area contributed by atoms with Crippen molar-refractivity contribution in [3.05, 3.63) is 39.2 Å². The highest BCUT2D eigenvalue weighted by atomic mass is 79.9. The quantitative estimate of drug-likeness (QED) is 0.452. The van der Waals surface area contributed by atoms with E-state index in [2.05, 4.69) is 20.7 Å². The number of thioether (sulfide) groups is 1. The third-order valence-electron chi connectivity index (χ3n) is 2.81. The van der Waals surface area contributed by atoms with Gasteiger partial charge in [0.2, 0.25) is 0 Å². The molecule has 0 radical (unpaired) electrons. The van der Waals surface area contributed by atoms with Crippen molar-refractivity contribution < 1.29 is 14.3 Å². The number of amides is 1. The topological polar surface area (TPSA) is 46.6 Å². The van der Waals surface area contributed by atoms with Gasteiger partial charge in [0.1, 0.15) is 4.32 Å². The number of hydrogen-bond acceptors (Lipinski definition) is 5. The second kappa shape index (κ2) is 7.20. The molecule has 0 unspecified atom stereocenters. The molecule has 1 aliphatic rings. The molecular weight excluding hydrogens is 374 g/mol. The van der Waals surface area contributed by atoms with Gasteiger partial charge in [0, 0.05) is 11.0 Å². The molecule has 21 heavy (non-hydrogen) atoms. The van der Waals surface area contributed by atoms with E-state index in [0.29, 0.717) is 9.23 Å². The van der Waals surface area contributed by atoms with Crippen LogP contribution in [-0.2, 0) is 14.3 Å². The van der Waals surface area contributed by atoms with E-state index in [9.17, 15) is 9.59 Å². The first kappa shape index (κ1) is 16.2. The van der Waals surface area contributed by atoms with Crippen molar-refractivity contribution in [3.8, 4) is 0 Å². The summed E-state index contributed by atoms with van der Waals surface area (Å²) in [5.74, 6) is -0.530. The maximum Gasteiger partial charge on any atom is 0.307 e. The molecule has 0 atom stereocenters. The first-order valence-electron chi connectivity index (χ1n) is 6.09. The number of benzene rings is 1. The van der Waals surface area contributed by atoms with Crippen molar-refractivity contribution in [3.63, 3.8) is 0 Å². The SMILES string of the molecule is COC(=O)CCN1C(=O)/C(=C\c2ccc(Br)cc2)SC1=S. The average Bonchev–Trinajstić information content (AvgIpc) is 2.73. The molecule has 1 aromatic rings. The van der Waals surface area contributed by atoms with E-state index >= 15 is 0 Å². The summed E-state index contributed by atoms with van der Waals surface area (Å²) in [5.41, 5.74) is 0.923. The van der Waals surface area contributed by atoms with Crippen molar-refractivity contribution in [1.29, 1.82) is 0 Å². The van der Waals surface area contributed by atoms with Gasteiger partial charge in [0.25, 0.3) is 5.91 Å². The Kier molecular flexibility index (Phi) is 5.55. The van der Waals surface area contributed by atoms with Crippen LogP contribution in [0.2, 0.25) is 0 Å². The molecule has 0 spiro atoms. The minimum Gasteiger partial charge on any atom is -0.469 e. The summed E-state index contributed by atoms with van der Waals surface area (Å²) in [6, 6.07) is 7.63. The third-order valence-corrected chi connectivity index (χ3v) is 4.72. The van der Waals surface area contributed by atoms with Crippen molar-refractivity contribution >= 4 is 62.2 Å². The van der Waals surface area contributed by atoms with Gasteiger partial charge in [-0.2, -0.15) is 0 Å². The molecule has 1 aromatic carbocycles. The van der Waals surface area contributed by atoms with Gasteiger partial charge in [0.15, 0.2) is 0 Å². The van der Waals surface area contributed by atoms with Gasteiger partial charge in [-0.25, -0.2) is 0 Å². The van der Waals surface area contributed by atoms with Crippen LogP contribution in [-0.4, -0.2) is 34.8 Å². The molecule has 7 heteroatoms. The number of thiocarbonyl (C=S) groups is 1. The van der Waals surface area contributed by atoms with Crippen molar-refractivity contribution in [2.45, 2.75) is 6.42 Å². The van der Waals surface area contributed by atoms with Crippen molar-refractivity contribution in [2.24, 2.45) is 0 Å². The number of halogens is 1. The Morgan fingerprint density at radius 3 is 2.71 bits per heavy atom. The van der Waals surface area contributed by atoms with E-state index in [-0.39, 0.29) is 24.8 Å². The number of nitrogens with zero attached hydrogens (tertiary/aromatic N) is 1. The van der Waals surface area contributed by atoms with Gasteiger partial charge < -0.3 is 4.74 Å². The lowest BCUT2D eigenvalue weighted by Crippen LogP contribution is -2.30. The molecule has 1 aliphatic heterocycles. The molecule has 2 rings (SSSR count). The van der Waals surface area contributed by atoms with Gasteiger partial charge in [0.05, 0.1) is 18.4 Å². The van der Waals surface area contributed by atoms with Gasteiger partial charge in [-0.15, -0.1) is 0 Å². The van der Waals surface area contributed by atoms with E-state index in [1.807, 2.05) is 24.3 Å². The second-order valence-electron chi connectivity index (χ2n) is 4.21. The van der Waals surface area contributed by atoms with E-state index in [4.69, 9.17) is 12.2 Å².